The zero-order valence-electron chi connectivity index (χ0n) is 15.6. The summed E-state index contributed by atoms with van der Waals surface area (Å²) in [5, 5.41) is 4.05. The topological polar surface area (TPSA) is 51.2 Å². The molecule has 0 bridgehead atoms. The summed E-state index contributed by atoms with van der Waals surface area (Å²) < 4.78 is 4.86. The van der Waals surface area contributed by atoms with Gasteiger partial charge in [0, 0.05) is 18.3 Å². The fourth-order valence-corrected chi connectivity index (χ4v) is 3.53. The number of ether oxygens (including phenoxy) is 1. The summed E-state index contributed by atoms with van der Waals surface area (Å²) in [5.74, 6) is 1.13. The molecule has 0 atom stereocenters. The van der Waals surface area contributed by atoms with Crippen LogP contribution in [0.4, 0.5) is 5.82 Å². The standard InChI is InChI=1S/C20H29ClN2O2/c1-5-25-18(24)11-6-14-12-17(21)19(22-13-14)23-16-9-7-15(8-10-16)20(2,3)4/h6,11-13,15-16H,5,7-10H2,1-4H3,(H,22,23)/b11-6+. The second-order valence-electron chi connectivity index (χ2n) is 7.74. The maximum atomic E-state index is 11.4. The number of carbonyl (C=O) groups excluding carboxylic acids is 1. The van der Waals surface area contributed by atoms with Gasteiger partial charge in [0.25, 0.3) is 0 Å². The number of esters is 1. The molecular weight excluding hydrogens is 336 g/mol. The van der Waals surface area contributed by atoms with Gasteiger partial charge in [-0.25, -0.2) is 9.78 Å². The summed E-state index contributed by atoms with van der Waals surface area (Å²) in [6.45, 7) is 9.12. The number of carbonyl (C=O) groups is 1. The summed E-state index contributed by atoms with van der Waals surface area (Å²) in [6.07, 6.45) is 9.52. The SMILES string of the molecule is CCOC(=O)/C=C/c1cnc(NC2CCC(C(C)(C)C)CC2)c(Cl)c1. The normalized spacial score (nSPS) is 21.3. The molecule has 1 aliphatic carbocycles. The van der Waals surface area contributed by atoms with Crippen molar-refractivity contribution in [3.63, 3.8) is 0 Å². The van der Waals surface area contributed by atoms with Gasteiger partial charge in [-0.15, -0.1) is 0 Å². The number of rotatable bonds is 5. The molecule has 138 valence electrons. The van der Waals surface area contributed by atoms with Gasteiger partial charge in [0.1, 0.15) is 5.82 Å². The maximum absolute atomic E-state index is 11.4. The number of anilines is 1. The first-order chi connectivity index (χ1) is 11.8. The minimum Gasteiger partial charge on any atom is -0.463 e. The van der Waals surface area contributed by atoms with E-state index in [0.717, 1.165) is 24.3 Å². The van der Waals surface area contributed by atoms with Gasteiger partial charge in [0.2, 0.25) is 0 Å². The Balaban J connectivity index is 1.92. The zero-order valence-corrected chi connectivity index (χ0v) is 16.4. The van der Waals surface area contributed by atoms with Gasteiger partial charge in [-0.2, -0.15) is 0 Å². The van der Waals surface area contributed by atoms with Gasteiger partial charge < -0.3 is 10.1 Å². The summed E-state index contributed by atoms with van der Waals surface area (Å²) in [6, 6.07) is 2.23. The Morgan fingerprint density at radius 2 is 2.04 bits per heavy atom. The highest BCUT2D eigenvalue weighted by molar-refractivity contribution is 6.33. The van der Waals surface area contributed by atoms with Crippen LogP contribution in [0, 0.1) is 11.3 Å². The molecule has 1 N–H and O–H groups in total. The fourth-order valence-electron chi connectivity index (χ4n) is 3.30. The molecule has 5 heteroatoms. The summed E-state index contributed by atoms with van der Waals surface area (Å²) in [7, 11) is 0. The van der Waals surface area contributed by atoms with Crippen LogP contribution in [0.1, 0.15) is 58.9 Å². The van der Waals surface area contributed by atoms with Crippen molar-refractivity contribution in [2.75, 3.05) is 11.9 Å². The second kappa shape index (κ2) is 8.70. The van der Waals surface area contributed by atoms with Crippen molar-refractivity contribution in [1.82, 2.24) is 4.98 Å². The highest BCUT2D eigenvalue weighted by atomic mass is 35.5. The largest absolute Gasteiger partial charge is 0.463 e. The minimum absolute atomic E-state index is 0.364. The van der Waals surface area contributed by atoms with E-state index in [4.69, 9.17) is 16.3 Å². The zero-order chi connectivity index (χ0) is 18.4. The number of hydrogen-bond donors (Lipinski definition) is 1. The smallest absolute Gasteiger partial charge is 0.330 e. The van der Waals surface area contributed by atoms with E-state index >= 15 is 0 Å². The Labute approximate surface area is 156 Å². The van der Waals surface area contributed by atoms with E-state index in [2.05, 4.69) is 31.1 Å². The first-order valence-electron chi connectivity index (χ1n) is 9.06. The number of pyridine rings is 1. The monoisotopic (exact) mass is 364 g/mol. The van der Waals surface area contributed by atoms with Crippen molar-refractivity contribution >= 4 is 29.5 Å². The Hall–Kier alpha value is -1.55. The van der Waals surface area contributed by atoms with Gasteiger partial charge in [0.15, 0.2) is 0 Å². The quantitative estimate of drug-likeness (QED) is 0.566. The van der Waals surface area contributed by atoms with Gasteiger partial charge in [0.05, 0.1) is 11.6 Å². The Morgan fingerprint density at radius 3 is 2.60 bits per heavy atom. The molecule has 1 aliphatic rings. The van der Waals surface area contributed by atoms with Crippen LogP contribution in [0.2, 0.25) is 5.02 Å². The molecule has 0 unspecified atom stereocenters. The molecule has 0 aromatic carbocycles. The first-order valence-corrected chi connectivity index (χ1v) is 9.44. The third kappa shape index (κ3) is 6.03. The Kier molecular flexibility index (Phi) is 6.88. The summed E-state index contributed by atoms with van der Waals surface area (Å²) in [5.41, 5.74) is 1.16. The fraction of sp³-hybridized carbons (Fsp3) is 0.600. The third-order valence-electron chi connectivity index (χ3n) is 4.85. The second-order valence-corrected chi connectivity index (χ2v) is 8.15. The third-order valence-corrected chi connectivity index (χ3v) is 5.14. The Bertz CT molecular complexity index is 615. The summed E-state index contributed by atoms with van der Waals surface area (Å²) in [4.78, 5) is 15.8. The lowest BCUT2D eigenvalue weighted by molar-refractivity contribution is -0.137. The molecule has 1 heterocycles. The molecule has 0 amide bonds. The molecule has 0 saturated heterocycles. The molecular formula is C20H29ClN2O2. The van der Waals surface area contributed by atoms with E-state index in [1.807, 2.05) is 6.07 Å². The van der Waals surface area contributed by atoms with Gasteiger partial charge in [-0.3, -0.25) is 0 Å². The van der Waals surface area contributed by atoms with Crippen molar-refractivity contribution in [1.29, 1.82) is 0 Å². The Morgan fingerprint density at radius 1 is 1.36 bits per heavy atom. The molecule has 0 radical (unpaired) electrons. The van der Waals surface area contributed by atoms with Gasteiger partial charge in [-0.05, 0) is 61.6 Å². The lowest BCUT2D eigenvalue weighted by Gasteiger charge is -2.37. The maximum Gasteiger partial charge on any atom is 0.330 e. The first kappa shape index (κ1) is 19.8. The van der Waals surface area contributed by atoms with E-state index in [1.54, 1.807) is 19.2 Å². The van der Waals surface area contributed by atoms with Gasteiger partial charge in [-0.1, -0.05) is 32.4 Å². The van der Waals surface area contributed by atoms with Crippen LogP contribution in [0.5, 0.6) is 0 Å². The van der Waals surface area contributed by atoms with Crippen LogP contribution in [0.3, 0.4) is 0 Å². The van der Waals surface area contributed by atoms with Crippen molar-refractivity contribution in [2.45, 2.75) is 59.4 Å². The highest BCUT2D eigenvalue weighted by Crippen LogP contribution is 2.38. The molecule has 1 saturated carbocycles. The molecule has 4 nitrogen and oxygen atoms in total. The van der Waals surface area contributed by atoms with Crippen molar-refractivity contribution in [3.05, 3.63) is 28.9 Å². The van der Waals surface area contributed by atoms with Crippen LogP contribution < -0.4 is 5.32 Å². The molecule has 1 aromatic rings. The lowest BCUT2D eigenvalue weighted by atomic mass is 9.71. The molecule has 1 fully saturated rings. The van der Waals surface area contributed by atoms with E-state index in [9.17, 15) is 4.79 Å². The summed E-state index contributed by atoms with van der Waals surface area (Å²) >= 11 is 6.35. The van der Waals surface area contributed by atoms with Crippen LogP contribution in [0.25, 0.3) is 6.08 Å². The minimum atomic E-state index is -0.364. The van der Waals surface area contributed by atoms with Crippen molar-refractivity contribution < 1.29 is 9.53 Å². The van der Waals surface area contributed by atoms with Crippen LogP contribution in [-0.4, -0.2) is 23.6 Å². The predicted molar refractivity (Wildman–Crippen MR) is 104 cm³/mol. The van der Waals surface area contributed by atoms with E-state index < -0.39 is 0 Å². The molecule has 25 heavy (non-hydrogen) atoms. The lowest BCUT2D eigenvalue weighted by Crippen LogP contribution is -2.31. The predicted octanol–water partition coefficient (Wildman–Crippen LogP) is 5.33. The molecule has 0 aliphatic heterocycles. The van der Waals surface area contributed by atoms with E-state index in [0.29, 0.717) is 28.9 Å². The van der Waals surface area contributed by atoms with Crippen LogP contribution in [0.15, 0.2) is 18.3 Å². The van der Waals surface area contributed by atoms with E-state index in [-0.39, 0.29) is 5.97 Å². The average Bonchev–Trinajstić information content (AvgIpc) is 2.55. The number of halogens is 1. The van der Waals surface area contributed by atoms with Gasteiger partial charge >= 0.3 is 5.97 Å². The molecule has 1 aromatic heterocycles. The van der Waals surface area contributed by atoms with E-state index in [1.165, 1.54) is 18.9 Å². The van der Waals surface area contributed by atoms with Crippen LogP contribution >= 0.6 is 11.6 Å². The van der Waals surface area contributed by atoms with Crippen molar-refractivity contribution in [2.24, 2.45) is 11.3 Å². The average molecular weight is 365 g/mol. The van der Waals surface area contributed by atoms with Crippen molar-refractivity contribution in [3.8, 4) is 0 Å². The number of nitrogens with zero attached hydrogens (tertiary/aromatic N) is 1. The number of hydrogen-bond acceptors (Lipinski definition) is 4. The molecule has 0 spiro atoms. The van der Waals surface area contributed by atoms with Crippen LogP contribution in [-0.2, 0) is 9.53 Å². The number of nitrogens with one attached hydrogen (secondary N) is 1. The highest BCUT2D eigenvalue weighted by Gasteiger charge is 2.29. The molecule has 2 rings (SSSR count). The number of aromatic nitrogens is 1.